The van der Waals surface area contributed by atoms with E-state index in [4.69, 9.17) is 11.5 Å². The fraction of sp³-hybridized carbons (Fsp3) is 0.231. The predicted octanol–water partition coefficient (Wildman–Crippen LogP) is 1.14. The molecule has 0 bridgehead atoms. The molecule has 40 heavy (non-hydrogen) atoms. The lowest BCUT2D eigenvalue weighted by molar-refractivity contribution is 0.301. The van der Waals surface area contributed by atoms with Crippen molar-refractivity contribution < 1.29 is 10.2 Å². The van der Waals surface area contributed by atoms with Crippen molar-refractivity contribution in [3.8, 4) is 0 Å². The van der Waals surface area contributed by atoms with E-state index in [1.807, 2.05) is 60.7 Å². The van der Waals surface area contributed by atoms with Crippen LogP contribution in [-0.4, -0.2) is 79.8 Å². The molecule has 0 aliphatic rings. The average molecular weight is 545 g/mol. The fourth-order valence-corrected chi connectivity index (χ4v) is 3.54. The van der Waals surface area contributed by atoms with Gasteiger partial charge >= 0.3 is 0 Å². The normalized spacial score (nSPS) is 11.0. The summed E-state index contributed by atoms with van der Waals surface area (Å²) in [7, 11) is 0. The van der Waals surface area contributed by atoms with E-state index in [1.54, 1.807) is 22.0 Å². The lowest BCUT2D eigenvalue weighted by Crippen LogP contribution is -2.34. The molecule has 14 heteroatoms. The standard InChI is InChI=1S/C26H32N12O2/c27-17-37(13-15-39)25-33-21(31-23(35-25)29-19-7-3-1-4-8-19)11-12-22-32-24(30-20-9-5-2-6-10-20)36-26(34-22)38(18-28)14-16-40/h1-12,39-40H,13-18,27-28H2,(H,29,31,33,35)(H,30,32,34,36). The van der Waals surface area contributed by atoms with E-state index in [1.165, 1.54) is 0 Å². The van der Waals surface area contributed by atoms with Gasteiger partial charge in [-0.15, -0.1) is 0 Å². The minimum atomic E-state index is -0.119. The van der Waals surface area contributed by atoms with Crippen LogP contribution in [0.1, 0.15) is 11.6 Å². The van der Waals surface area contributed by atoms with Gasteiger partial charge in [-0.3, -0.25) is 0 Å². The summed E-state index contributed by atoms with van der Waals surface area (Å²) in [5.41, 5.74) is 13.3. The van der Waals surface area contributed by atoms with E-state index in [2.05, 4.69) is 40.5 Å². The summed E-state index contributed by atoms with van der Waals surface area (Å²) in [4.78, 5) is 30.3. The van der Waals surface area contributed by atoms with E-state index in [0.29, 0.717) is 35.4 Å². The maximum atomic E-state index is 9.46. The van der Waals surface area contributed by atoms with Crippen LogP contribution >= 0.6 is 0 Å². The van der Waals surface area contributed by atoms with Gasteiger partial charge in [-0.25, -0.2) is 0 Å². The van der Waals surface area contributed by atoms with Gasteiger partial charge in [0, 0.05) is 24.5 Å². The Balaban J connectivity index is 1.70. The molecule has 14 nitrogen and oxygen atoms in total. The third kappa shape index (κ3) is 7.87. The zero-order valence-electron chi connectivity index (χ0n) is 21.8. The van der Waals surface area contributed by atoms with Gasteiger partial charge < -0.3 is 42.1 Å². The molecule has 4 aromatic rings. The molecular formula is C26H32N12O2. The molecule has 0 amide bonds. The summed E-state index contributed by atoms with van der Waals surface area (Å²) < 4.78 is 0. The number of benzene rings is 2. The number of aliphatic hydroxyl groups is 2. The Kier molecular flexibility index (Phi) is 10.2. The number of nitrogens with one attached hydrogen (secondary N) is 2. The topological polar surface area (TPSA) is 200 Å². The predicted molar refractivity (Wildman–Crippen MR) is 155 cm³/mol. The van der Waals surface area contributed by atoms with Gasteiger partial charge in [-0.05, 0) is 36.4 Å². The fourth-order valence-electron chi connectivity index (χ4n) is 3.54. The number of nitrogens with zero attached hydrogens (tertiary/aromatic N) is 8. The first-order valence-electron chi connectivity index (χ1n) is 12.6. The summed E-state index contributed by atoms with van der Waals surface area (Å²) in [5, 5.41) is 25.3. The number of rotatable bonds is 14. The SMILES string of the molecule is NCN(CCO)c1nc(C=Cc2nc(Nc3ccccc3)nc(N(CN)CCO)n2)nc(Nc2ccccc2)n1. The van der Waals surface area contributed by atoms with Gasteiger partial charge in [-0.1, -0.05) is 36.4 Å². The zero-order chi connectivity index (χ0) is 28.2. The summed E-state index contributed by atoms with van der Waals surface area (Å²) in [6, 6.07) is 18.9. The Morgan fingerprint density at radius 1 is 0.600 bits per heavy atom. The van der Waals surface area contributed by atoms with E-state index in [9.17, 15) is 10.2 Å². The number of aliphatic hydroxyl groups excluding tert-OH is 2. The molecule has 2 aromatic carbocycles. The zero-order valence-corrected chi connectivity index (χ0v) is 21.8. The number of nitrogens with two attached hydrogens (primary N) is 2. The highest BCUT2D eigenvalue weighted by Gasteiger charge is 2.14. The van der Waals surface area contributed by atoms with Crippen LogP contribution in [0.4, 0.5) is 35.2 Å². The van der Waals surface area contributed by atoms with Crippen LogP contribution in [0.2, 0.25) is 0 Å². The Morgan fingerprint density at radius 3 is 1.35 bits per heavy atom. The maximum absolute atomic E-state index is 9.46. The quantitative estimate of drug-likeness (QED) is 0.123. The number of aromatic nitrogens is 6. The van der Waals surface area contributed by atoms with Gasteiger partial charge in [0.25, 0.3) is 0 Å². The summed E-state index contributed by atoms with van der Waals surface area (Å²) in [6.07, 6.45) is 3.28. The van der Waals surface area contributed by atoms with Crippen molar-refractivity contribution in [2.24, 2.45) is 11.5 Å². The van der Waals surface area contributed by atoms with Crippen molar-refractivity contribution in [3.05, 3.63) is 72.3 Å². The summed E-state index contributed by atoms with van der Waals surface area (Å²) >= 11 is 0. The Bertz CT molecular complexity index is 1270. The number of anilines is 6. The number of hydrogen-bond acceptors (Lipinski definition) is 14. The van der Waals surface area contributed by atoms with E-state index in [-0.39, 0.29) is 39.6 Å². The molecule has 208 valence electrons. The Hall–Kier alpha value is -4.76. The van der Waals surface area contributed by atoms with E-state index in [0.717, 1.165) is 11.4 Å². The average Bonchev–Trinajstić information content (AvgIpc) is 2.98. The van der Waals surface area contributed by atoms with Crippen LogP contribution in [0.25, 0.3) is 12.2 Å². The first-order chi connectivity index (χ1) is 19.6. The van der Waals surface area contributed by atoms with Crippen LogP contribution in [0, 0.1) is 0 Å². The molecule has 0 saturated carbocycles. The first kappa shape index (κ1) is 28.3. The minimum Gasteiger partial charge on any atom is -0.395 e. The van der Waals surface area contributed by atoms with Gasteiger partial charge in [0.2, 0.25) is 23.8 Å². The highest BCUT2D eigenvalue weighted by atomic mass is 16.3. The smallest absolute Gasteiger partial charge is 0.232 e. The molecule has 8 N–H and O–H groups in total. The van der Waals surface area contributed by atoms with Crippen molar-refractivity contribution in [2.75, 3.05) is 60.1 Å². The van der Waals surface area contributed by atoms with Gasteiger partial charge in [-0.2, -0.15) is 29.9 Å². The van der Waals surface area contributed by atoms with Crippen molar-refractivity contribution >= 4 is 47.3 Å². The summed E-state index contributed by atoms with van der Waals surface area (Å²) in [5.74, 6) is 1.81. The molecule has 0 unspecified atom stereocenters. The van der Waals surface area contributed by atoms with Gasteiger partial charge in [0.05, 0.1) is 26.6 Å². The Morgan fingerprint density at radius 2 is 1.00 bits per heavy atom. The van der Waals surface area contributed by atoms with Crippen molar-refractivity contribution in [2.45, 2.75) is 0 Å². The molecule has 2 aromatic heterocycles. The van der Waals surface area contributed by atoms with Crippen molar-refractivity contribution in [1.82, 2.24) is 29.9 Å². The second kappa shape index (κ2) is 14.4. The first-order valence-corrected chi connectivity index (χ1v) is 12.6. The minimum absolute atomic E-state index is 0.101. The van der Waals surface area contributed by atoms with Crippen LogP contribution in [0.5, 0.6) is 0 Å². The van der Waals surface area contributed by atoms with Gasteiger partial charge in [0.1, 0.15) is 0 Å². The third-order valence-corrected chi connectivity index (χ3v) is 5.47. The Labute approximate surface area is 231 Å². The third-order valence-electron chi connectivity index (χ3n) is 5.47. The lowest BCUT2D eigenvalue weighted by atomic mass is 10.3. The second-order valence-corrected chi connectivity index (χ2v) is 8.29. The highest BCUT2D eigenvalue weighted by molar-refractivity contribution is 5.66. The van der Waals surface area contributed by atoms with Gasteiger partial charge in [0.15, 0.2) is 11.6 Å². The van der Waals surface area contributed by atoms with Crippen LogP contribution in [-0.2, 0) is 0 Å². The largest absolute Gasteiger partial charge is 0.395 e. The highest BCUT2D eigenvalue weighted by Crippen LogP contribution is 2.19. The molecule has 0 aliphatic carbocycles. The molecule has 0 atom stereocenters. The molecule has 2 heterocycles. The van der Waals surface area contributed by atoms with Crippen LogP contribution in [0.15, 0.2) is 60.7 Å². The van der Waals surface area contributed by atoms with Crippen molar-refractivity contribution in [1.29, 1.82) is 0 Å². The monoisotopic (exact) mass is 544 g/mol. The molecule has 0 aliphatic heterocycles. The molecule has 4 rings (SSSR count). The molecular weight excluding hydrogens is 512 g/mol. The molecule has 0 spiro atoms. The summed E-state index contributed by atoms with van der Waals surface area (Å²) in [6.45, 7) is 0.462. The lowest BCUT2D eigenvalue weighted by Gasteiger charge is -2.20. The van der Waals surface area contributed by atoms with E-state index < -0.39 is 0 Å². The van der Waals surface area contributed by atoms with Crippen molar-refractivity contribution in [3.63, 3.8) is 0 Å². The molecule has 0 saturated heterocycles. The maximum Gasteiger partial charge on any atom is 0.232 e. The molecule has 0 radical (unpaired) electrons. The van der Waals surface area contributed by atoms with Crippen LogP contribution in [0.3, 0.4) is 0 Å². The van der Waals surface area contributed by atoms with Crippen LogP contribution < -0.4 is 31.9 Å². The van der Waals surface area contributed by atoms with E-state index >= 15 is 0 Å². The number of hydrogen-bond donors (Lipinski definition) is 6. The molecule has 0 fully saturated rings. The number of para-hydroxylation sites is 2. The second-order valence-electron chi connectivity index (χ2n) is 8.29.